The number of aromatic nitrogens is 2. The molecule has 2 heterocycles. The number of halogens is 1. The van der Waals surface area contributed by atoms with Crippen molar-refractivity contribution >= 4 is 11.7 Å². The number of carbonyl (C=O) groups is 1. The summed E-state index contributed by atoms with van der Waals surface area (Å²) < 4.78 is 26.8. The van der Waals surface area contributed by atoms with Crippen LogP contribution in [0.15, 0.2) is 71.3 Å². The fourth-order valence-electron chi connectivity index (χ4n) is 3.08. The summed E-state index contributed by atoms with van der Waals surface area (Å²) in [7, 11) is 0. The average molecular weight is 419 g/mol. The van der Waals surface area contributed by atoms with Crippen molar-refractivity contribution < 1.29 is 18.3 Å². The molecule has 0 aliphatic heterocycles. The number of hydrogen-bond acceptors (Lipinski definition) is 4. The van der Waals surface area contributed by atoms with Crippen molar-refractivity contribution in [3.05, 3.63) is 101 Å². The lowest BCUT2D eigenvalue weighted by molar-refractivity contribution is 0.0992. The highest BCUT2D eigenvalue weighted by molar-refractivity contribution is 6.01. The Balaban J connectivity index is 1.35. The third kappa shape index (κ3) is 5.01. The highest BCUT2D eigenvalue weighted by Crippen LogP contribution is 2.21. The number of amides is 1. The van der Waals surface area contributed by atoms with Crippen LogP contribution in [0.5, 0.6) is 5.75 Å². The summed E-state index contributed by atoms with van der Waals surface area (Å²) in [6, 6.07) is 17.4. The summed E-state index contributed by atoms with van der Waals surface area (Å²) in [4.78, 5) is 12.5. The molecule has 0 atom stereocenters. The second kappa shape index (κ2) is 8.87. The van der Waals surface area contributed by atoms with E-state index in [1.807, 2.05) is 32.0 Å². The van der Waals surface area contributed by atoms with Crippen LogP contribution in [-0.2, 0) is 13.2 Å². The first-order valence-corrected chi connectivity index (χ1v) is 9.85. The molecule has 1 N–H and O–H groups in total. The molecule has 0 fully saturated rings. The van der Waals surface area contributed by atoms with Crippen LogP contribution in [0.1, 0.15) is 33.0 Å². The van der Waals surface area contributed by atoms with Crippen LogP contribution in [0.25, 0.3) is 0 Å². The summed E-state index contributed by atoms with van der Waals surface area (Å²) in [5.74, 6) is 1.11. The molecule has 31 heavy (non-hydrogen) atoms. The van der Waals surface area contributed by atoms with Gasteiger partial charge in [0, 0.05) is 17.8 Å². The molecule has 4 aromatic rings. The quantitative estimate of drug-likeness (QED) is 0.452. The molecule has 0 unspecified atom stereocenters. The van der Waals surface area contributed by atoms with Crippen LogP contribution < -0.4 is 10.1 Å². The smallest absolute Gasteiger partial charge is 0.292 e. The van der Waals surface area contributed by atoms with E-state index in [0.717, 1.165) is 16.9 Å². The Morgan fingerprint density at radius 1 is 1.13 bits per heavy atom. The fraction of sp³-hybridized carbons (Fsp3) is 0.167. The molecule has 0 spiro atoms. The van der Waals surface area contributed by atoms with E-state index in [-0.39, 0.29) is 24.7 Å². The minimum Gasteiger partial charge on any atom is -0.485 e. The Labute approximate surface area is 179 Å². The SMILES string of the molecule is Cc1ccc(C)c(OCc2ccc(C(=O)Nc3ccn(Cc4ccccc4F)n3)o2)c1. The van der Waals surface area contributed by atoms with Crippen molar-refractivity contribution in [1.29, 1.82) is 0 Å². The van der Waals surface area contributed by atoms with Crippen LogP contribution >= 0.6 is 0 Å². The highest BCUT2D eigenvalue weighted by Gasteiger charge is 2.14. The molecular weight excluding hydrogens is 397 g/mol. The van der Waals surface area contributed by atoms with Crippen molar-refractivity contribution in [2.24, 2.45) is 0 Å². The Hall–Kier alpha value is -3.87. The van der Waals surface area contributed by atoms with Crippen LogP contribution in [0, 0.1) is 19.7 Å². The van der Waals surface area contributed by atoms with Crippen molar-refractivity contribution in [3.63, 3.8) is 0 Å². The summed E-state index contributed by atoms with van der Waals surface area (Å²) >= 11 is 0. The molecular formula is C24H22FN3O3. The van der Waals surface area contributed by atoms with Crippen molar-refractivity contribution in [1.82, 2.24) is 9.78 Å². The van der Waals surface area contributed by atoms with Gasteiger partial charge in [-0.3, -0.25) is 9.48 Å². The third-order valence-electron chi connectivity index (χ3n) is 4.77. The number of ether oxygens (including phenoxy) is 1. The molecule has 0 saturated carbocycles. The van der Waals surface area contributed by atoms with Crippen molar-refractivity contribution in [2.75, 3.05) is 5.32 Å². The number of furan rings is 1. The predicted molar refractivity (Wildman–Crippen MR) is 115 cm³/mol. The maximum Gasteiger partial charge on any atom is 0.292 e. The summed E-state index contributed by atoms with van der Waals surface area (Å²) in [6.45, 7) is 4.46. The van der Waals surface area contributed by atoms with E-state index in [4.69, 9.17) is 9.15 Å². The number of nitrogens with zero attached hydrogens (tertiary/aromatic N) is 2. The zero-order chi connectivity index (χ0) is 21.8. The molecule has 0 bridgehead atoms. The monoisotopic (exact) mass is 419 g/mol. The van der Waals surface area contributed by atoms with E-state index in [1.54, 1.807) is 47.3 Å². The second-order valence-electron chi connectivity index (χ2n) is 7.27. The number of anilines is 1. The van der Waals surface area contributed by atoms with Gasteiger partial charge in [-0.25, -0.2) is 4.39 Å². The van der Waals surface area contributed by atoms with E-state index in [9.17, 15) is 9.18 Å². The zero-order valence-electron chi connectivity index (χ0n) is 17.3. The molecule has 0 aliphatic carbocycles. The first-order valence-electron chi connectivity index (χ1n) is 9.85. The Kier molecular flexibility index (Phi) is 5.84. The first-order chi connectivity index (χ1) is 15.0. The first kappa shape index (κ1) is 20.4. The van der Waals surface area contributed by atoms with Gasteiger partial charge in [0.15, 0.2) is 11.6 Å². The topological polar surface area (TPSA) is 69.3 Å². The second-order valence-corrected chi connectivity index (χ2v) is 7.27. The molecule has 0 radical (unpaired) electrons. The van der Waals surface area contributed by atoms with Gasteiger partial charge in [-0.05, 0) is 49.2 Å². The lowest BCUT2D eigenvalue weighted by Crippen LogP contribution is -2.12. The minimum absolute atomic E-state index is 0.156. The molecule has 0 saturated heterocycles. The minimum atomic E-state index is -0.422. The Bertz CT molecular complexity index is 1210. The fourth-order valence-corrected chi connectivity index (χ4v) is 3.08. The van der Waals surface area contributed by atoms with Gasteiger partial charge in [-0.2, -0.15) is 5.10 Å². The van der Waals surface area contributed by atoms with E-state index in [0.29, 0.717) is 17.1 Å². The van der Waals surface area contributed by atoms with Gasteiger partial charge in [0.1, 0.15) is 23.9 Å². The third-order valence-corrected chi connectivity index (χ3v) is 4.77. The normalized spacial score (nSPS) is 10.8. The van der Waals surface area contributed by atoms with Crippen LogP contribution in [0.3, 0.4) is 0 Å². The standard InChI is InChI=1S/C24H22FN3O3/c1-16-7-8-17(2)22(13-16)30-15-19-9-10-21(31-19)24(29)26-23-11-12-28(27-23)14-18-5-3-4-6-20(18)25/h3-13H,14-15H2,1-2H3,(H,26,27,29). The largest absolute Gasteiger partial charge is 0.485 e. The number of nitrogens with one attached hydrogen (secondary N) is 1. The average Bonchev–Trinajstić information content (AvgIpc) is 3.40. The molecule has 2 aromatic carbocycles. The lowest BCUT2D eigenvalue weighted by atomic mass is 10.1. The van der Waals surface area contributed by atoms with E-state index < -0.39 is 5.91 Å². The molecule has 7 heteroatoms. The lowest BCUT2D eigenvalue weighted by Gasteiger charge is -2.08. The number of rotatable bonds is 7. The molecule has 0 aliphatic rings. The van der Waals surface area contributed by atoms with E-state index in [2.05, 4.69) is 10.4 Å². The van der Waals surface area contributed by atoms with Gasteiger partial charge in [-0.15, -0.1) is 0 Å². The number of aryl methyl sites for hydroxylation is 2. The summed E-state index contributed by atoms with van der Waals surface area (Å²) in [5.41, 5.74) is 2.65. The molecule has 2 aromatic heterocycles. The maximum absolute atomic E-state index is 13.8. The Morgan fingerprint density at radius 3 is 2.81 bits per heavy atom. The number of hydrogen-bond donors (Lipinski definition) is 1. The summed E-state index contributed by atoms with van der Waals surface area (Å²) in [5, 5.41) is 6.95. The van der Waals surface area contributed by atoms with Crippen LogP contribution in [-0.4, -0.2) is 15.7 Å². The number of benzene rings is 2. The van der Waals surface area contributed by atoms with E-state index >= 15 is 0 Å². The van der Waals surface area contributed by atoms with E-state index in [1.165, 1.54) is 6.07 Å². The maximum atomic E-state index is 13.8. The van der Waals surface area contributed by atoms with Crippen molar-refractivity contribution in [2.45, 2.75) is 27.0 Å². The number of carbonyl (C=O) groups excluding carboxylic acids is 1. The van der Waals surface area contributed by atoms with Gasteiger partial charge >= 0.3 is 0 Å². The van der Waals surface area contributed by atoms with Gasteiger partial charge in [0.05, 0.1) is 6.54 Å². The molecule has 4 rings (SSSR count). The van der Waals surface area contributed by atoms with Gasteiger partial charge in [-0.1, -0.05) is 30.3 Å². The summed E-state index contributed by atoms with van der Waals surface area (Å²) in [6.07, 6.45) is 1.67. The van der Waals surface area contributed by atoms with Gasteiger partial charge < -0.3 is 14.5 Å². The highest BCUT2D eigenvalue weighted by atomic mass is 19.1. The van der Waals surface area contributed by atoms with Gasteiger partial charge in [0.25, 0.3) is 5.91 Å². The zero-order valence-corrected chi connectivity index (χ0v) is 17.3. The van der Waals surface area contributed by atoms with Crippen molar-refractivity contribution in [3.8, 4) is 5.75 Å². The van der Waals surface area contributed by atoms with Gasteiger partial charge in [0.2, 0.25) is 0 Å². The van der Waals surface area contributed by atoms with Crippen LogP contribution in [0.4, 0.5) is 10.2 Å². The Morgan fingerprint density at radius 2 is 1.97 bits per heavy atom. The van der Waals surface area contributed by atoms with Crippen LogP contribution in [0.2, 0.25) is 0 Å². The molecule has 158 valence electrons. The predicted octanol–water partition coefficient (Wildman–Crippen LogP) is 5.11. The molecule has 6 nitrogen and oxygen atoms in total. The molecule has 1 amide bonds.